The van der Waals surface area contributed by atoms with E-state index in [1.807, 2.05) is 23.9 Å². The first-order chi connectivity index (χ1) is 9.49. The van der Waals surface area contributed by atoms with Gasteiger partial charge in [-0.25, -0.2) is 4.79 Å². The van der Waals surface area contributed by atoms with Crippen molar-refractivity contribution < 1.29 is 15.0 Å². The molecule has 102 valence electrons. The van der Waals surface area contributed by atoms with Crippen molar-refractivity contribution in [3.8, 4) is 17.0 Å². The van der Waals surface area contributed by atoms with Gasteiger partial charge in [0.25, 0.3) is 0 Å². The number of nitrogens with zero attached hydrogens (tertiary/aromatic N) is 3. The van der Waals surface area contributed by atoms with E-state index in [1.54, 1.807) is 19.2 Å². The second kappa shape index (κ2) is 4.12. The topological polar surface area (TPSA) is 80.3 Å². The quantitative estimate of drug-likeness (QED) is 0.747. The number of para-hydroxylation sites is 1. The lowest BCUT2D eigenvalue weighted by Gasteiger charge is -2.00. The van der Waals surface area contributed by atoms with Crippen LogP contribution in [-0.4, -0.2) is 30.5 Å². The summed E-state index contributed by atoms with van der Waals surface area (Å²) in [6.45, 7) is 0. The third-order valence-corrected chi connectivity index (χ3v) is 3.36. The molecular weight excluding hydrogens is 258 g/mol. The molecule has 0 saturated heterocycles. The highest BCUT2D eigenvalue weighted by Crippen LogP contribution is 2.34. The zero-order valence-electron chi connectivity index (χ0n) is 11.0. The molecule has 2 aromatic heterocycles. The normalized spacial score (nSPS) is 11.1. The van der Waals surface area contributed by atoms with Crippen LogP contribution in [0.5, 0.6) is 5.75 Å². The molecule has 0 amide bonds. The van der Waals surface area contributed by atoms with E-state index in [-0.39, 0.29) is 11.4 Å². The molecule has 20 heavy (non-hydrogen) atoms. The number of carboxylic acid groups (broad SMARTS) is 1. The number of carboxylic acids is 1. The van der Waals surface area contributed by atoms with Crippen molar-refractivity contribution >= 4 is 16.9 Å². The Bertz CT molecular complexity index is 830. The second-order valence-electron chi connectivity index (χ2n) is 4.67. The van der Waals surface area contributed by atoms with Crippen molar-refractivity contribution in [1.82, 2.24) is 14.3 Å². The number of fused-ring (bicyclic) bond motifs is 1. The third-order valence-electron chi connectivity index (χ3n) is 3.36. The molecule has 3 aromatic rings. The number of hydrogen-bond donors (Lipinski definition) is 2. The minimum absolute atomic E-state index is 0.000318. The molecule has 1 aromatic carbocycles. The van der Waals surface area contributed by atoms with Crippen molar-refractivity contribution in [3.05, 3.63) is 36.2 Å². The highest BCUT2D eigenvalue weighted by atomic mass is 16.4. The van der Waals surface area contributed by atoms with Gasteiger partial charge in [0.1, 0.15) is 5.75 Å². The Morgan fingerprint density at radius 1 is 1.30 bits per heavy atom. The van der Waals surface area contributed by atoms with Crippen LogP contribution in [0.1, 0.15) is 10.5 Å². The molecule has 0 radical (unpaired) electrons. The fourth-order valence-electron chi connectivity index (χ4n) is 2.48. The Morgan fingerprint density at radius 2 is 2.05 bits per heavy atom. The molecule has 0 atom stereocenters. The summed E-state index contributed by atoms with van der Waals surface area (Å²) in [5.74, 6) is -0.869. The van der Waals surface area contributed by atoms with Crippen molar-refractivity contribution in [1.29, 1.82) is 0 Å². The maximum atomic E-state index is 11.0. The Morgan fingerprint density at radius 3 is 2.70 bits per heavy atom. The average Bonchev–Trinajstić information content (AvgIpc) is 2.92. The number of hydrogen-bond acceptors (Lipinski definition) is 3. The van der Waals surface area contributed by atoms with E-state index in [4.69, 9.17) is 5.11 Å². The molecule has 0 aliphatic rings. The van der Waals surface area contributed by atoms with Crippen LogP contribution in [-0.2, 0) is 14.1 Å². The largest absolute Gasteiger partial charge is 0.506 e. The van der Waals surface area contributed by atoms with Crippen molar-refractivity contribution in [2.24, 2.45) is 14.1 Å². The molecular formula is C14H13N3O3. The van der Waals surface area contributed by atoms with Gasteiger partial charge in [-0.3, -0.25) is 4.68 Å². The van der Waals surface area contributed by atoms with Gasteiger partial charge in [0, 0.05) is 31.2 Å². The van der Waals surface area contributed by atoms with Crippen molar-refractivity contribution in [3.63, 3.8) is 0 Å². The Balaban J connectivity index is 2.30. The number of benzene rings is 1. The first-order valence-electron chi connectivity index (χ1n) is 6.03. The van der Waals surface area contributed by atoms with E-state index < -0.39 is 5.97 Å². The number of aryl methyl sites for hydroxylation is 2. The maximum absolute atomic E-state index is 11.0. The molecule has 2 heterocycles. The van der Waals surface area contributed by atoms with E-state index in [0.29, 0.717) is 11.2 Å². The number of phenolic OH excluding ortho intramolecular Hbond substituents is 1. The number of rotatable bonds is 2. The van der Waals surface area contributed by atoms with Gasteiger partial charge in [-0.1, -0.05) is 12.1 Å². The monoisotopic (exact) mass is 271 g/mol. The first kappa shape index (κ1) is 12.3. The Labute approximate surface area is 114 Å². The van der Waals surface area contributed by atoms with Crippen LogP contribution in [0.3, 0.4) is 0 Å². The SMILES string of the molecule is Cn1nc(C(=O)O)cc1-c1cn(C)c2c(O)cccc12. The number of aromatic carboxylic acids is 1. The van der Waals surface area contributed by atoms with E-state index in [0.717, 1.165) is 10.9 Å². The Hall–Kier alpha value is -2.76. The molecule has 6 heteroatoms. The fraction of sp³-hybridized carbons (Fsp3) is 0.143. The number of phenols is 1. The molecule has 0 unspecified atom stereocenters. The summed E-state index contributed by atoms with van der Waals surface area (Å²) in [7, 11) is 3.53. The first-order valence-corrected chi connectivity index (χ1v) is 6.03. The standard InChI is InChI=1S/C14H13N3O3/c1-16-7-9(8-4-3-5-12(18)13(8)16)11-6-10(14(19)20)15-17(11)2/h3-7,18H,1-2H3,(H,19,20). The summed E-state index contributed by atoms with van der Waals surface area (Å²) < 4.78 is 3.34. The summed E-state index contributed by atoms with van der Waals surface area (Å²) in [4.78, 5) is 11.0. The lowest BCUT2D eigenvalue weighted by molar-refractivity contribution is 0.0689. The minimum Gasteiger partial charge on any atom is -0.506 e. The van der Waals surface area contributed by atoms with Gasteiger partial charge in [0.15, 0.2) is 5.69 Å². The molecule has 0 aliphatic carbocycles. The molecule has 0 aliphatic heterocycles. The maximum Gasteiger partial charge on any atom is 0.356 e. The predicted octanol–water partition coefficient (Wildman–Crippen LogP) is 1.98. The predicted molar refractivity (Wildman–Crippen MR) is 73.7 cm³/mol. The van der Waals surface area contributed by atoms with Gasteiger partial charge in [-0.15, -0.1) is 0 Å². The van der Waals surface area contributed by atoms with E-state index in [2.05, 4.69) is 5.10 Å². The summed E-state index contributed by atoms with van der Waals surface area (Å²) in [5, 5.41) is 23.8. The smallest absolute Gasteiger partial charge is 0.356 e. The molecule has 6 nitrogen and oxygen atoms in total. The minimum atomic E-state index is -1.06. The van der Waals surface area contributed by atoms with Gasteiger partial charge < -0.3 is 14.8 Å². The summed E-state index contributed by atoms with van der Waals surface area (Å²) >= 11 is 0. The van der Waals surface area contributed by atoms with Gasteiger partial charge in [0.2, 0.25) is 0 Å². The number of aromatic nitrogens is 3. The van der Waals surface area contributed by atoms with Gasteiger partial charge in [0.05, 0.1) is 11.2 Å². The Kier molecular flexibility index (Phi) is 2.53. The van der Waals surface area contributed by atoms with E-state index in [1.165, 1.54) is 10.7 Å². The zero-order chi connectivity index (χ0) is 14.4. The molecule has 0 fully saturated rings. The molecule has 2 N–H and O–H groups in total. The fourth-order valence-corrected chi connectivity index (χ4v) is 2.48. The van der Waals surface area contributed by atoms with Crippen LogP contribution in [0.2, 0.25) is 0 Å². The van der Waals surface area contributed by atoms with Crippen LogP contribution in [0.15, 0.2) is 30.5 Å². The second-order valence-corrected chi connectivity index (χ2v) is 4.67. The van der Waals surface area contributed by atoms with Gasteiger partial charge in [-0.2, -0.15) is 5.10 Å². The number of carbonyl (C=O) groups is 1. The van der Waals surface area contributed by atoms with Crippen molar-refractivity contribution in [2.45, 2.75) is 0 Å². The summed E-state index contributed by atoms with van der Waals surface area (Å²) in [6.07, 6.45) is 1.85. The van der Waals surface area contributed by atoms with Gasteiger partial charge in [-0.05, 0) is 12.1 Å². The van der Waals surface area contributed by atoms with Gasteiger partial charge >= 0.3 is 5.97 Å². The summed E-state index contributed by atoms with van der Waals surface area (Å²) in [6, 6.07) is 6.80. The summed E-state index contributed by atoms with van der Waals surface area (Å²) in [5.41, 5.74) is 2.24. The van der Waals surface area contributed by atoms with Crippen LogP contribution >= 0.6 is 0 Å². The lowest BCUT2D eigenvalue weighted by Crippen LogP contribution is -1.99. The lowest BCUT2D eigenvalue weighted by atomic mass is 10.1. The highest BCUT2D eigenvalue weighted by Gasteiger charge is 2.17. The average molecular weight is 271 g/mol. The third kappa shape index (κ3) is 1.65. The van der Waals surface area contributed by atoms with Crippen LogP contribution in [0.25, 0.3) is 22.2 Å². The molecule has 0 bridgehead atoms. The van der Waals surface area contributed by atoms with E-state index >= 15 is 0 Å². The van der Waals surface area contributed by atoms with Crippen LogP contribution < -0.4 is 0 Å². The van der Waals surface area contributed by atoms with E-state index in [9.17, 15) is 9.90 Å². The zero-order valence-corrected chi connectivity index (χ0v) is 11.0. The molecule has 3 rings (SSSR count). The van der Waals surface area contributed by atoms with Crippen LogP contribution in [0.4, 0.5) is 0 Å². The molecule has 0 spiro atoms. The highest BCUT2D eigenvalue weighted by molar-refractivity contribution is 5.99. The molecule has 0 saturated carbocycles. The van der Waals surface area contributed by atoms with Crippen LogP contribution in [0, 0.1) is 0 Å². The number of aromatic hydroxyl groups is 1. The van der Waals surface area contributed by atoms with Crippen molar-refractivity contribution in [2.75, 3.05) is 0 Å².